The number of benzene rings is 3. The number of anilines is 1. The van der Waals surface area contributed by atoms with Gasteiger partial charge in [-0.05, 0) is 42.0 Å². The molecule has 1 aromatic heterocycles. The number of rotatable bonds is 9. The Morgan fingerprint density at radius 1 is 0.941 bits per heavy atom. The average molecular weight is 497 g/mol. The van der Waals surface area contributed by atoms with Crippen molar-refractivity contribution in [2.75, 3.05) is 24.9 Å². The molecule has 34 heavy (non-hydrogen) atoms. The average Bonchev–Trinajstić information content (AvgIpc) is 3.29. The third-order valence-electron chi connectivity index (χ3n) is 5.30. The van der Waals surface area contributed by atoms with Gasteiger partial charge in [-0.3, -0.25) is 9.69 Å². The SMILES string of the molecule is COc1ccc(S(=O)(=O)CCC(=O)N(Cc2ccccc2)c2nc3cc(OC)ccc3s2)cc1. The van der Waals surface area contributed by atoms with Gasteiger partial charge in [-0.25, -0.2) is 13.4 Å². The maximum atomic E-state index is 13.3. The minimum Gasteiger partial charge on any atom is -0.497 e. The number of nitrogens with zero attached hydrogens (tertiary/aromatic N) is 2. The van der Waals surface area contributed by atoms with Crippen molar-refractivity contribution in [2.24, 2.45) is 0 Å². The Bertz CT molecular complexity index is 1380. The van der Waals surface area contributed by atoms with Gasteiger partial charge in [-0.1, -0.05) is 41.7 Å². The van der Waals surface area contributed by atoms with E-state index in [2.05, 4.69) is 4.98 Å². The monoisotopic (exact) mass is 496 g/mol. The number of aromatic nitrogens is 1. The fraction of sp³-hybridized carbons (Fsp3) is 0.200. The lowest BCUT2D eigenvalue weighted by Gasteiger charge is -2.20. The van der Waals surface area contributed by atoms with Crippen LogP contribution < -0.4 is 14.4 Å². The van der Waals surface area contributed by atoms with Gasteiger partial charge in [0.2, 0.25) is 5.91 Å². The Morgan fingerprint density at radius 3 is 2.29 bits per heavy atom. The van der Waals surface area contributed by atoms with Crippen LogP contribution >= 0.6 is 11.3 Å². The van der Waals surface area contributed by atoms with Crippen molar-refractivity contribution in [3.63, 3.8) is 0 Å². The molecule has 4 rings (SSSR count). The maximum Gasteiger partial charge on any atom is 0.230 e. The lowest BCUT2D eigenvalue weighted by molar-refractivity contribution is -0.118. The van der Waals surface area contributed by atoms with E-state index in [1.54, 1.807) is 24.1 Å². The van der Waals surface area contributed by atoms with E-state index in [4.69, 9.17) is 9.47 Å². The Balaban J connectivity index is 1.58. The van der Waals surface area contributed by atoms with E-state index < -0.39 is 9.84 Å². The van der Waals surface area contributed by atoms with Crippen molar-refractivity contribution in [1.29, 1.82) is 0 Å². The third kappa shape index (κ3) is 5.37. The van der Waals surface area contributed by atoms with Crippen LogP contribution in [0, 0.1) is 0 Å². The van der Waals surface area contributed by atoms with Crippen LogP contribution in [0.2, 0.25) is 0 Å². The van der Waals surface area contributed by atoms with Crippen LogP contribution in [0.25, 0.3) is 10.2 Å². The van der Waals surface area contributed by atoms with Gasteiger partial charge in [0.1, 0.15) is 11.5 Å². The number of fused-ring (bicyclic) bond motifs is 1. The molecule has 0 saturated carbocycles. The van der Waals surface area contributed by atoms with Gasteiger partial charge in [0.15, 0.2) is 15.0 Å². The standard InChI is InChI=1S/C25H24N2O5S2/c1-31-19-8-11-21(12-9-19)34(29,30)15-14-24(28)27(17-18-6-4-3-5-7-18)25-26-22-16-20(32-2)10-13-23(22)33-25/h3-13,16H,14-15,17H2,1-2H3. The molecule has 1 amide bonds. The zero-order valence-corrected chi connectivity index (χ0v) is 20.4. The molecule has 0 unspecified atom stereocenters. The van der Waals surface area contributed by atoms with E-state index >= 15 is 0 Å². The number of carbonyl (C=O) groups is 1. The van der Waals surface area contributed by atoms with Crippen LogP contribution in [-0.2, 0) is 21.2 Å². The highest BCUT2D eigenvalue weighted by molar-refractivity contribution is 7.91. The molecule has 0 aliphatic rings. The first-order valence-electron chi connectivity index (χ1n) is 10.6. The number of hydrogen-bond donors (Lipinski definition) is 0. The molecule has 0 bridgehead atoms. The molecule has 0 saturated heterocycles. The lowest BCUT2D eigenvalue weighted by Crippen LogP contribution is -2.31. The van der Waals surface area contributed by atoms with E-state index in [-0.39, 0.29) is 23.0 Å². The number of thiazole rings is 1. The Labute approximate surface area is 202 Å². The summed E-state index contributed by atoms with van der Waals surface area (Å²) in [6, 6.07) is 21.2. The smallest absolute Gasteiger partial charge is 0.230 e. The zero-order chi connectivity index (χ0) is 24.1. The molecule has 0 spiro atoms. The van der Waals surface area contributed by atoms with Crippen molar-refractivity contribution >= 4 is 42.4 Å². The summed E-state index contributed by atoms with van der Waals surface area (Å²) >= 11 is 1.38. The molecule has 1 heterocycles. The molecular formula is C25H24N2O5S2. The number of ether oxygens (including phenoxy) is 2. The van der Waals surface area contributed by atoms with Gasteiger partial charge < -0.3 is 9.47 Å². The second-order valence-corrected chi connectivity index (χ2v) is 10.7. The van der Waals surface area contributed by atoms with Crippen LogP contribution in [0.1, 0.15) is 12.0 Å². The largest absolute Gasteiger partial charge is 0.497 e. The van der Waals surface area contributed by atoms with Crippen molar-refractivity contribution < 1.29 is 22.7 Å². The highest BCUT2D eigenvalue weighted by Crippen LogP contribution is 2.32. The zero-order valence-electron chi connectivity index (χ0n) is 18.8. The van der Waals surface area contributed by atoms with Gasteiger partial charge in [0, 0.05) is 12.5 Å². The fourth-order valence-corrected chi connectivity index (χ4v) is 5.62. The summed E-state index contributed by atoms with van der Waals surface area (Å²) in [5, 5.41) is 0.513. The normalized spacial score (nSPS) is 11.4. The quantitative estimate of drug-likeness (QED) is 0.334. The summed E-state index contributed by atoms with van der Waals surface area (Å²) in [5.41, 5.74) is 1.64. The van der Waals surface area contributed by atoms with Crippen molar-refractivity contribution in [3.05, 3.63) is 78.4 Å². The Morgan fingerprint density at radius 2 is 1.62 bits per heavy atom. The molecule has 7 nitrogen and oxygen atoms in total. The molecule has 0 N–H and O–H groups in total. The van der Waals surface area contributed by atoms with Crippen LogP contribution in [0.5, 0.6) is 11.5 Å². The lowest BCUT2D eigenvalue weighted by atomic mass is 10.2. The van der Waals surface area contributed by atoms with Crippen LogP contribution in [0.4, 0.5) is 5.13 Å². The number of carbonyl (C=O) groups excluding carboxylic acids is 1. The highest BCUT2D eigenvalue weighted by atomic mass is 32.2. The van der Waals surface area contributed by atoms with E-state index in [9.17, 15) is 13.2 Å². The van der Waals surface area contributed by atoms with E-state index in [0.717, 1.165) is 15.8 Å². The number of sulfone groups is 1. The third-order valence-corrected chi connectivity index (χ3v) is 8.09. The number of methoxy groups -OCH3 is 2. The molecule has 3 aromatic carbocycles. The maximum absolute atomic E-state index is 13.3. The number of hydrogen-bond acceptors (Lipinski definition) is 7. The molecule has 0 aliphatic heterocycles. The van der Waals surface area contributed by atoms with Gasteiger partial charge in [-0.2, -0.15) is 0 Å². The van der Waals surface area contributed by atoms with Gasteiger partial charge >= 0.3 is 0 Å². The van der Waals surface area contributed by atoms with Gasteiger partial charge in [-0.15, -0.1) is 0 Å². The molecule has 0 fully saturated rings. The summed E-state index contributed by atoms with van der Waals surface area (Å²) in [5.74, 6) is 0.627. The van der Waals surface area contributed by atoms with Crippen molar-refractivity contribution in [3.8, 4) is 11.5 Å². The molecule has 4 aromatic rings. The van der Waals surface area contributed by atoms with Crippen LogP contribution in [0.15, 0.2) is 77.7 Å². The fourth-order valence-electron chi connectivity index (χ4n) is 3.42. The van der Waals surface area contributed by atoms with E-state index in [0.29, 0.717) is 23.2 Å². The van der Waals surface area contributed by atoms with E-state index in [1.165, 1.54) is 30.6 Å². The first-order valence-corrected chi connectivity index (χ1v) is 13.0. The first kappa shape index (κ1) is 23.7. The highest BCUT2D eigenvalue weighted by Gasteiger charge is 2.24. The van der Waals surface area contributed by atoms with Crippen LogP contribution in [0.3, 0.4) is 0 Å². The summed E-state index contributed by atoms with van der Waals surface area (Å²) in [6.07, 6.45) is -0.166. The summed E-state index contributed by atoms with van der Waals surface area (Å²) in [7, 11) is -0.537. The first-order chi connectivity index (χ1) is 16.4. The summed E-state index contributed by atoms with van der Waals surface area (Å²) < 4.78 is 36.9. The Kier molecular flexibility index (Phi) is 7.14. The predicted octanol–water partition coefficient (Wildman–Crippen LogP) is 4.71. The topological polar surface area (TPSA) is 85.8 Å². The Hall–Kier alpha value is -3.43. The molecule has 0 aliphatic carbocycles. The van der Waals surface area contributed by atoms with E-state index in [1.807, 2.05) is 48.5 Å². The minimum atomic E-state index is -3.64. The second kappa shape index (κ2) is 10.2. The molecule has 9 heteroatoms. The van der Waals surface area contributed by atoms with Crippen molar-refractivity contribution in [1.82, 2.24) is 4.98 Å². The molecule has 0 atom stereocenters. The number of amides is 1. The van der Waals surface area contributed by atoms with Gasteiger partial charge in [0.25, 0.3) is 0 Å². The molecular weight excluding hydrogens is 472 g/mol. The summed E-state index contributed by atoms with van der Waals surface area (Å²) in [6.45, 7) is 0.291. The minimum absolute atomic E-state index is 0.155. The van der Waals surface area contributed by atoms with Crippen molar-refractivity contribution in [2.45, 2.75) is 17.9 Å². The molecule has 0 radical (unpaired) electrons. The summed E-state index contributed by atoms with van der Waals surface area (Å²) in [4.78, 5) is 19.7. The van der Waals surface area contributed by atoms with Gasteiger partial charge in [0.05, 0.1) is 41.6 Å². The molecule has 176 valence electrons. The van der Waals surface area contributed by atoms with Crippen LogP contribution in [-0.4, -0.2) is 39.3 Å². The second-order valence-electron chi connectivity index (χ2n) is 7.54. The predicted molar refractivity (Wildman–Crippen MR) is 133 cm³/mol.